The molecule has 264 valence electrons. The number of sulfonamides is 1. The van der Waals surface area contributed by atoms with E-state index in [0.717, 1.165) is 42.7 Å². The minimum Gasteiger partial charge on any atom is -0.342 e. The van der Waals surface area contributed by atoms with Crippen molar-refractivity contribution in [2.24, 2.45) is 5.41 Å². The zero-order valence-electron chi connectivity index (χ0n) is 29.0. The first kappa shape index (κ1) is 34.4. The summed E-state index contributed by atoms with van der Waals surface area (Å²) in [4.78, 5) is 36.2. The summed E-state index contributed by atoms with van der Waals surface area (Å²) in [5.74, 6) is -0.505. The van der Waals surface area contributed by atoms with E-state index < -0.39 is 27.3 Å². The monoisotopic (exact) mass is 699 g/mol. The second kappa shape index (κ2) is 13.2. The molecule has 0 unspecified atom stereocenters. The zero-order chi connectivity index (χ0) is 35.3. The molecule has 3 atom stereocenters. The number of fused-ring (bicyclic) bond motifs is 3. The van der Waals surface area contributed by atoms with Gasteiger partial charge < -0.3 is 9.47 Å². The number of halogens is 1. The lowest BCUT2D eigenvalue weighted by Crippen LogP contribution is -2.54. The maximum atomic E-state index is 14.7. The molecule has 11 heteroatoms. The number of para-hydroxylation sites is 2. The van der Waals surface area contributed by atoms with Gasteiger partial charge in [-0.1, -0.05) is 42.5 Å². The largest absolute Gasteiger partial charge is 0.342 e. The number of hydrogen-bond acceptors (Lipinski definition) is 6. The average molecular weight is 700 g/mol. The molecule has 7 rings (SSSR count). The maximum Gasteiger partial charge on any atom is 0.264 e. The summed E-state index contributed by atoms with van der Waals surface area (Å²) in [6.07, 6.45) is 6.55. The molecular weight excluding hydrogens is 654 g/mol. The highest BCUT2D eigenvalue weighted by molar-refractivity contribution is 7.90. The number of likely N-dealkylation sites (tertiary alicyclic amines) is 1. The van der Waals surface area contributed by atoms with Crippen molar-refractivity contribution in [1.82, 2.24) is 24.1 Å². The van der Waals surface area contributed by atoms with Crippen LogP contribution in [0.25, 0.3) is 11.0 Å². The van der Waals surface area contributed by atoms with Crippen LogP contribution in [0.2, 0.25) is 0 Å². The maximum absolute atomic E-state index is 14.7. The zero-order valence-corrected chi connectivity index (χ0v) is 29.8. The van der Waals surface area contributed by atoms with Crippen molar-refractivity contribution in [2.75, 3.05) is 19.6 Å². The second-order valence-corrected chi connectivity index (χ2v) is 16.7. The SMILES string of the molecule is Cc1nc2ccccc2n1[C@H]1C[C@H]2CC[C@@H](C1)N2CCC1(c2cccc(F)c2)CCN(C(=O)C(C)(C)C(=O)NS(=O)(=O)c2ccccc2)CC1. The van der Waals surface area contributed by atoms with E-state index in [0.29, 0.717) is 44.1 Å². The third kappa shape index (κ3) is 6.34. The first-order chi connectivity index (χ1) is 23.9. The highest BCUT2D eigenvalue weighted by Gasteiger charge is 2.47. The van der Waals surface area contributed by atoms with E-state index in [-0.39, 0.29) is 16.1 Å². The van der Waals surface area contributed by atoms with Crippen molar-refractivity contribution in [2.45, 2.75) is 94.2 Å². The van der Waals surface area contributed by atoms with Gasteiger partial charge in [-0.2, -0.15) is 0 Å². The van der Waals surface area contributed by atoms with Gasteiger partial charge in [-0.05, 0) is 120 Å². The van der Waals surface area contributed by atoms with Crippen LogP contribution < -0.4 is 4.72 Å². The van der Waals surface area contributed by atoms with Crippen LogP contribution in [0.4, 0.5) is 4.39 Å². The Bertz CT molecular complexity index is 1990. The fraction of sp³-hybridized carbons (Fsp3) is 0.462. The third-order valence-electron chi connectivity index (χ3n) is 11.7. The standard InChI is InChI=1S/C39H46FN5O4S/c1-27-41-34-14-7-8-15-35(34)45(27)32-25-30-16-17-31(26-32)44(30)23-20-39(28-10-9-11-29(40)24-28)18-21-43(22-19-39)37(47)38(2,3)36(46)42-50(48,49)33-12-5-4-6-13-33/h4-15,24,30-32H,16-23,25-26H2,1-3H3,(H,42,46)/t30-,31+,32+. The van der Waals surface area contributed by atoms with Crippen molar-refractivity contribution in [1.29, 1.82) is 0 Å². The number of carbonyl (C=O) groups is 2. The number of piperidine rings is 2. The summed E-state index contributed by atoms with van der Waals surface area (Å²) in [6, 6.07) is 24.2. The Balaban J connectivity index is 1.04. The fourth-order valence-corrected chi connectivity index (χ4v) is 9.96. The smallest absolute Gasteiger partial charge is 0.264 e. The van der Waals surface area contributed by atoms with Crippen molar-refractivity contribution >= 4 is 32.9 Å². The van der Waals surface area contributed by atoms with E-state index in [9.17, 15) is 22.4 Å². The van der Waals surface area contributed by atoms with Gasteiger partial charge in [0.25, 0.3) is 10.0 Å². The fourth-order valence-electron chi connectivity index (χ4n) is 8.83. The van der Waals surface area contributed by atoms with Gasteiger partial charge in [-0.15, -0.1) is 0 Å². The molecule has 1 N–H and O–H groups in total. The lowest BCUT2D eigenvalue weighted by molar-refractivity contribution is -0.149. The van der Waals surface area contributed by atoms with E-state index in [1.807, 2.05) is 12.1 Å². The summed E-state index contributed by atoms with van der Waals surface area (Å²) in [5.41, 5.74) is 1.24. The molecule has 1 aromatic heterocycles. The molecule has 3 aliphatic rings. The Kier molecular flexibility index (Phi) is 9.09. The number of imidazole rings is 1. The predicted molar refractivity (Wildman–Crippen MR) is 190 cm³/mol. The topological polar surface area (TPSA) is 105 Å². The van der Waals surface area contributed by atoms with E-state index in [1.54, 1.807) is 35.2 Å². The molecule has 9 nitrogen and oxygen atoms in total. The van der Waals surface area contributed by atoms with Gasteiger partial charge in [0.1, 0.15) is 17.1 Å². The summed E-state index contributed by atoms with van der Waals surface area (Å²) >= 11 is 0. The van der Waals surface area contributed by atoms with Crippen LogP contribution >= 0.6 is 0 Å². The van der Waals surface area contributed by atoms with Gasteiger partial charge in [0.05, 0.1) is 15.9 Å². The predicted octanol–water partition coefficient (Wildman–Crippen LogP) is 6.13. The van der Waals surface area contributed by atoms with Gasteiger partial charge in [-0.25, -0.2) is 22.5 Å². The summed E-state index contributed by atoms with van der Waals surface area (Å²) in [7, 11) is -4.13. The van der Waals surface area contributed by atoms with Gasteiger partial charge in [-0.3, -0.25) is 14.5 Å². The Morgan fingerprint density at radius 3 is 2.26 bits per heavy atom. The summed E-state index contributed by atoms with van der Waals surface area (Å²) in [5, 5.41) is 0. The average Bonchev–Trinajstić information content (AvgIpc) is 3.57. The molecule has 3 saturated heterocycles. The van der Waals surface area contributed by atoms with Gasteiger partial charge in [0, 0.05) is 31.2 Å². The minimum atomic E-state index is -4.13. The molecule has 4 heterocycles. The number of benzene rings is 3. The molecule has 0 saturated carbocycles. The number of hydrogen-bond donors (Lipinski definition) is 1. The van der Waals surface area contributed by atoms with Crippen molar-refractivity contribution in [3.63, 3.8) is 0 Å². The van der Waals surface area contributed by atoms with Crippen molar-refractivity contribution in [3.8, 4) is 0 Å². The Morgan fingerprint density at radius 2 is 1.58 bits per heavy atom. The molecule has 3 fully saturated rings. The van der Waals surface area contributed by atoms with Crippen LogP contribution in [0.15, 0.2) is 83.8 Å². The van der Waals surface area contributed by atoms with Gasteiger partial charge >= 0.3 is 0 Å². The third-order valence-corrected chi connectivity index (χ3v) is 13.0. The first-order valence-electron chi connectivity index (χ1n) is 17.7. The van der Waals surface area contributed by atoms with Gasteiger partial charge in [0.2, 0.25) is 11.8 Å². The summed E-state index contributed by atoms with van der Waals surface area (Å²) in [6.45, 7) is 6.70. The van der Waals surface area contributed by atoms with Crippen LogP contribution in [0.3, 0.4) is 0 Å². The van der Waals surface area contributed by atoms with E-state index >= 15 is 0 Å². The molecule has 4 aromatic rings. The molecule has 0 radical (unpaired) electrons. The number of aromatic nitrogens is 2. The highest BCUT2D eigenvalue weighted by atomic mass is 32.2. The van der Waals surface area contributed by atoms with Crippen molar-refractivity contribution in [3.05, 3.63) is 96.1 Å². The quantitative estimate of drug-likeness (QED) is 0.211. The Labute approximate surface area is 293 Å². The Hall–Kier alpha value is -4.09. The molecule has 3 aromatic carbocycles. The molecule has 2 bridgehead atoms. The normalized spacial score (nSPS) is 22.5. The summed E-state index contributed by atoms with van der Waals surface area (Å²) < 4.78 is 44.9. The van der Waals surface area contributed by atoms with Crippen LogP contribution in [0.1, 0.15) is 76.2 Å². The van der Waals surface area contributed by atoms with E-state index in [1.165, 1.54) is 50.4 Å². The van der Waals surface area contributed by atoms with E-state index in [4.69, 9.17) is 4.98 Å². The number of nitrogens with zero attached hydrogens (tertiary/aromatic N) is 4. The number of carbonyl (C=O) groups excluding carboxylic acids is 2. The molecule has 50 heavy (non-hydrogen) atoms. The van der Waals surface area contributed by atoms with Crippen molar-refractivity contribution < 1.29 is 22.4 Å². The van der Waals surface area contributed by atoms with E-state index in [2.05, 4.69) is 39.3 Å². The number of aryl methyl sites for hydroxylation is 1. The lowest BCUT2D eigenvalue weighted by atomic mass is 9.70. The van der Waals surface area contributed by atoms with Crippen LogP contribution in [0, 0.1) is 18.2 Å². The molecule has 3 aliphatic heterocycles. The molecule has 0 aliphatic carbocycles. The first-order valence-corrected chi connectivity index (χ1v) is 19.2. The highest BCUT2D eigenvalue weighted by Crippen LogP contribution is 2.45. The Morgan fingerprint density at radius 1 is 0.920 bits per heavy atom. The number of amides is 2. The molecule has 0 spiro atoms. The lowest BCUT2D eigenvalue weighted by Gasteiger charge is -2.46. The minimum absolute atomic E-state index is 0.0440. The van der Waals surface area contributed by atoms with Crippen LogP contribution in [0.5, 0.6) is 0 Å². The molecular formula is C39H46FN5O4S. The number of rotatable bonds is 9. The van der Waals surface area contributed by atoms with Crippen LogP contribution in [-0.4, -0.2) is 71.3 Å². The second-order valence-electron chi connectivity index (χ2n) is 15.0. The van der Waals surface area contributed by atoms with Gasteiger partial charge in [0.15, 0.2) is 0 Å². The number of nitrogens with one attached hydrogen (secondary N) is 1. The van der Waals surface area contributed by atoms with Crippen LogP contribution in [-0.2, 0) is 25.0 Å². The molecule has 2 amide bonds.